The predicted molar refractivity (Wildman–Crippen MR) is 157 cm³/mol. The van der Waals surface area contributed by atoms with Gasteiger partial charge >= 0.3 is 5.97 Å². The highest BCUT2D eigenvalue weighted by Gasteiger charge is 2.22. The number of carbonyl (C=O) groups excluding carboxylic acids is 2. The first kappa shape index (κ1) is 30.1. The summed E-state index contributed by atoms with van der Waals surface area (Å²) < 4.78 is 23.1. The summed E-state index contributed by atoms with van der Waals surface area (Å²) in [5.41, 5.74) is 3.23. The maximum absolute atomic E-state index is 13.9. The molecule has 10 nitrogen and oxygen atoms in total. The zero-order valence-corrected chi connectivity index (χ0v) is 23.5. The fourth-order valence-electron chi connectivity index (χ4n) is 4.41. The molecule has 216 valence electrons. The number of nitrogens with one attached hydrogen (secondary N) is 1. The van der Waals surface area contributed by atoms with Crippen LogP contribution in [0, 0.1) is 0 Å². The third kappa shape index (κ3) is 7.87. The van der Waals surface area contributed by atoms with Crippen molar-refractivity contribution < 1.29 is 27.9 Å². The van der Waals surface area contributed by atoms with Crippen molar-refractivity contribution in [3.05, 3.63) is 120 Å². The lowest BCUT2D eigenvalue weighted by Crippen LogP contribution is -2.35. The van der Waals surface area contributed by atoms with E-state index in [0.29, 0.717) is 34.4 Å². The number of aliphatic carboxylic acids is 1. The number of nitrogens with zero attached hydrogens (tertiary/aromatic N) is 2. The number of hydrogen-bond acceptors (Lipinski definition) is 6. The van der Waals surface area contributed by atoms with Crippen LogP contribution in [-0.4, -0.2) is 54.3 Å². The van der Waals surface area contributed by atoms with Gasteiger partial charge in [0.1, 0.15) is 0 Å². The van der Waals surface area contributed by atoms with Gasteiger partial charge in [0.05, 0.1) is 23.6 Å². The Morgan fingerprint density at radius 3 is 2.05 bits per heavy atom. The highest BCUT2D eigenvalue weighted by molar-refractivity contribution is 7.89. The van der Waals surface area contributed by atoms with Crippen LogP contribution in [0.2, 0.25) is 0 Å². The molecule has 4 N–H and O–H groups in total. The summed E-state index contributed by atoms with van der Waals surface area (Å²) in [6, 6.07) is 25.2. The van der Waals surface area contributed by atoms with Crippen molar-refractivity contribution in [3.8, 4) is 11.1 Å². The van der Waals surface area contributed by atoms with Crippen molar-refractivity contribution >= 4 is 27.8 Å². The third-order valence-corrected chi connectivity index (χ3v) is 7.51. The van der Waals surface area contributed by atoms with E-state index in [4.69, 9.17) is 5.14 Å². The molecule has 0 aliphatic carbocycles. The molecule has 2 amide bonds. The lowest BCUT2D eigenvalue weighted by molar-refractivity contribution is -0.137. The number of pyridine rings is 1. The maximum atomic E-state index is 13.9. The number of benzene rings is 3. The van der Waals surface area contributed by atoms with Gasteiger partial charge in [0.15, 0.2) is 0 Å². The van der Waals surface area contributed by atoms with Crippen LogP contribution in [0.1, 0.15) is 38.4 Å². The molecule has 0 saturated heterocycles. The van der Waals surface area contributed by atoms with E-state index >= 15 is 0 Å². The molecule has 11 heteroatoms. The molecular weight excluding hydrogens is 556 g/mol. The van der Waals surface area contributed by atoms with Gasteiger partial charge in [-0.3, -0.25) is 19.4 Å². The van der Waals surface area contributed by atoms with Crippen LogP contribution in [0.25, 0.3) is 11.1 Å². The molecule has 0 aliphatic rings. The van der Waals surface area contributed by atoms with Crippen molar-refractivity contribution in [2.45, 2.75) is 24.3 Å². The highest BCUT2D eigenvalue weighted by Crippen LogP contribution is 2.28. The summed E-state index contributed by atoms with van der Waals surface area (Å²) in [4.78, 5) is 44.1. The minimum Gasteiger partial charge on any atom is -0.481 e. The van der Waals surface area contributed by atoms with Gasteiger partial charge in [0.25, 0.3) is 11.8 Å². The molecule has 0 bridgehead atoms. The van der Waals surface area contributed by atoms with Crippen LogP contribution in [0.4, 0.5) is 0 Å². The minimum atomic E-state index is -3.84. The molecule has 0 atom stereocenters. The van der Waals surface area contributed by atoms with Gasteiger partial charge in [0.2, 0.25) is 10.0 Å². The maximum Gasteiger partial charge on any atom is 0.305 e. The second-order valence-corrected chi connectivity index (χ2v) is 11.0. The largest absolute Gasteiger partial charge is 0.481 e. The Morgan fingerprint density at radius 1 is 0.810 bits per heavy atom. The second-order valence-electron chi connectivity index (χ2n) is 9.47. The summed E-state index contributed by atoms with van der Waals surface area (Å²) in [6.07, 6.45) is 1.74. The normalized spacial score (nSPS) is 11.1. The first-order valence-electron chi connectivity index (χ1n) is 13.1. The Morgan fingerprint density at radius 2 is 1.43 bits per heavy atom. The van der Waals surface area contributed by atoms with E-state index in [0.717, 1.165) is 5.56 Å². The molecule has 3 aromatic carbocycles. The quantitative estimate of drug-likeness (QED) is 0.229. The van der Waals surface area contributed by atoms with Gasteiger partial charge in [0, 0.05) is 30.4 Å². The Kier molecular flexibility index (Phi) is 9.79. The van der Waals surface area contributed by atoms with Crippen molar-refractivity contribution in [1.29, 1.82) is 0 Å². The number of hydrogen-bond donors (Lipinski definition) is 3. The van der Waals surface area contributed by atoms with Crippen LogP contribution in [-0.2, 0) is 27.8 Å². The third-order valence-electron chi connectivity index (χ3n) is 6.58. The molecule has 0 unspecified atom stereocenters. The number of aromatic nitrogens is 1. The number of nitrogens with two attached hydrogens (primary N) is 1. The number of carboxylic acid groups (broad SMARTS) is 1. The summed E-state index contributed by atoms with van der Waals surface area (Å²) in [5.74, 6) is -1.77. The summed E-state index contributed by atoms with van der Waals surface area (Å²) in [5, 5.41) is 17.4. The fourth-order valence-corrected chi connectivity index (χ4v) is 4.93. The summed E-state index contributed by atoms with van der Waals surface area (Å²) in [7, 11) is -3.84. The van der Waals surface area contributed by atoms with Crippen LogP contribution in [0.3, 0.4) is 0 Å². The van der Waals surface area contributed by atoms with Crippen LogP contribution < -0.4 is 10.5 Å². The molecule has 42 heavy (non-hydrogen) atoms. The number of carbonyl (C=O) groups is 3. The summed E-state index contributed by atoms with van der Waals surface area (Å²) >= 11 is 0. The molecule has 0 aliphatic heterocycles. The first-order valence-corrected chi connectivity index (χ1v) is 14.7. The zero-order chi connectivity index (χ0) is 30.1. The number of carboxylic acids is 1. The molecule has 1 heterocycles. The molecule has 0 saturated carbocycles. The van der Waals surface area contributed by atoms with Gasteiger partial charge in [-0.05, 0) is 59.5 Å². The van der Waals surface area contributed by atoms with Gasteiger partial charge in [-0.1, -0.05) is 54.6 Å². The van der Waals surface area contributed by atoms with E-state index in [-0.39, 0.29) is 36.9 Å². The number of rotatable bonds is 12. The van der Waals surface area contributed by atoms with Crippen LogP contribution in [0.15, 0.2) is 102 Å². The Hall–Kier alpha value is -4.87. The monoisotopic (exact) mass is 586 g/mol. The minimum absolute atomic E-state index is 0.0262. The van der Waals surface area contributed by atoms with Crippen molar-refractivity contribution in [2.24, 2.45) is 5.14 Å². The zero-order valence-electron chi connectivity index (χ0n) is 22.6. The molecule has 1 aromatic heterocycles. The van der Waals surface area contributed by atoms with E-state index in [1.807, 2.05) is 6.07 Å². The number of amides is 2. The van der Waals surface area contributed by atoms with E-state index in [9.17, 15) is 27.9 Å². The second kappa shape index (κ2) is 13.7. The van der Waals surface area contributed by atoms with Crippen molar-refractivity contribution in [1.82, 2.24) is 15.2 Å². The summed E-state index contributed by atoms with van der Waals surface area (Å²) in [6.45, 7) is 0.376. The van der Waals surface area contributed by atoms with E-state index in [1.54, 1.807) is 79.0 Å². The van der Waals surface area contributed by atoms with Gasteiger partial charge in [-0.15, -0.1) is 0 Å². The number of sulfonamides is 1. The van der Waals surface area contributed by atoms with Crippen molar-refractivity contribution in [3.63, 3.8) is 0 Å². The lowest BCUT2D eigenvalue weighted by atomic mass is 9.94. The predicted octanol–water partition coefficient (Wildman–Crippen LogP) is 3.49. The molecule has 0 fully saturated rings. The van der Waals surface area contributed by atoms with Crippen LogP contribution in [0.5, 0.6) is 0 Å². The highest BCUT2D eigenvalue weighted by atomic mass is 32.2. The van der Waals surface area contributed by atoms with E-state index in [1.165, 1.54) is 17.0 Å². The SMILES string of the molecule is NS(=O)(=O)c1ccc(CCN(CCC(=O)O)C(=O)c2ccccc2-c2ccccc2C(=O)NCc2ccccn2)cc1. The molecular formula is C31H30N4O6S. The Bertz CT molecular complexity index is 1680. The van der Waals surface area contributed by atoms with Gasteiger partial charge < -0.3 is 15.3 Å². The molecule has 0 spiro atoms. The molecule has 4 aromatic rings. The number of primary sulfonamides is 1. The van der Waals surface area contributed by atoms with Crippen LogP contribution >= 0.6 is 0 Å². The Labute approximate surface area is 243 Å². The lowest BCUT2D eigenvalue weighted by Gasteiger charge is -2.24. The van der Waals surface area contributed by atoms with Crippen molar-refractivity contribution in [2.75, 3.05) is 13.1 Å². The average molecular weight is 587 g/mol. The molecule has 0 radical (unpaired) electrons. The first-order chi connectivity index (χ1) is 20.1. The smallest absolute Gasteiger partial charge is 0.305 e. The fraction of sp³-hybridized carbons (Fsp3) is 0.161. The van der Waals surface area contributed by atoms with E-state index < -0.39 is 21.9 Å². The standard InChI is InChI=1S/C31H30N4O6S/c32-42(40,41)24-14-12-22(13-15-24)16-19-35(20-17-29(36)37)31(39)28-11-4-2-9-26(28)25-8-1-3-10-27(25)30(38)34-21-23-7-5-6-18-33-23/h1-15,18H,16-17,19-21H2,(H,34,38)(H,36,37)(H2,32,40,41). The average Bonchev–Trinajstić information content (AvgIpc) is 3.00. The molecule has 4 rings (SSSR count). The van der Waals surface area contributed by atoms with Gasteiger partial charge in [-0.25, -0.2) is 13.6 Å². The van der Waals surface area contributed by atoms with Gasteiger partial charge in [-0.2, -0.15) is 0 Å². The van der Waals surface area contributed by atoms with E-state index in [2.05, 4.69) is 10.3 Å². The Balaban J connectivity index is 1.59. The topological polar surface area (TPSA) is 160 Å².